The number of hydrogen-bond acceptors (Lipinski definition) is 4. The normalized spacial score (nSPS) is 20.1. The molecule has 1 saturated heterocycles. The first-order valence-corrected chi connectivity index (χ1v) is 7.56. The molecular weight excluding hydrogens is 244 g/mol. The molecule has 3 nitrogen and oxygen atoms in total. The van der Waals surface area contributed by atoms with Gasteiger partial charge in [-0.2, -0.15) is 11.8 Å². The van der Waals surface area contributed by atoms with Gasteiger partial charge in [-0.15, -0.1) is 0 Å². The van der Waals surface area contributed by atoms with E-state index >= 15 is 0 Å². The Morgan fingerprint density at radius 3 is 3.11 bits per heavy atom. The van der Waals surface area contributed by atoms with Gasteiger partial charge in [-0.3, -0.25) is 0 Å². The second kappa shape index (κ2) is 7.02. The molecule has 1 aromatic carbocycles. The molecule has 0 bridgehead atoms. The van der Waals surface area contributed by atoms with Crippen molar-refractivity contribution in [2.75, 3.05) is 38.8 Å². The summed E-state index contributed by atoms with van der Waals surface area (Å²) in [7, 11) is 3.90. The topological polar surface area (TPSA) is 24.5 Å². The minimum absolute atomic E-state index is 0.624. The van der Waals surface area contributed by atoms with Gasteiger partial charge >= 0.3 is 0 Å². The van der Waals surface area contributed by atoms with Crippen LogP contribution in [0, 0.1) is 0 Å². The molecule has 2 rings (SSSR count). The number of nitrogens with one attached hydrogen (secondary N) is 1. The maximum atomic E-state index is 5.25. The fourth-order valence-electron chi connectivity index (χ4n) is 2.26. The Labute approximate surface area is 114 Å². The van der Waals surface area contributed by atoms with Crippen molar-refractivity contribution < 1.29 is 4.74 Å². The predicted molar refractivity (Wildman–Crippen MR) is 78.4 cm³/mol. The number of thioether (sulfide) groups is 1. The standard InChI is InChI=1S/C14H22N2OS/c1-16(10-13-11-18-7-6-15-13)9-12-4-3-5-14(8-12)17-2/h3-5,8,13,15H,6-7,9-11H2,1-2H3. The van der Waals surface area contributed by atoms with Crippen LogP contribution in [0.5, 0.6) is 5.75 Å². The lowest BCUT2D eigenvalue weighted by Gasteiger charge is -2.28. The lowest BCUT2D eigenvalue weighted by Crippen LogP contribution is -2.44. The highest BCUT2D eigenvalue weighted by Gasteiger charge is 2.14. The number of methoxy groups -OCH3 is 1. The molecule has 1 aliphatic rings. The zero-order valence-electron chi connectivity index (χ0n) is 11.2. The van der Waals surface area contributed by atoms with Gasteiger partial charge in [0.1, 0.15) is 5.75 Å². The molecule has 0 spiro atoms. The first kappa shape index (κ1) is 13.7. The van der Waals surface area contributed by atoms with Gasteiger partial charge in [0, 0.05) is 37.2 Å². The Balaban J connectivity index is 1.83. The van der Waals surface area contributed by atoms with Crippen molar-refractivity contribution in [1.82, 2.24) is 10.2 Å². The second-order valence-corrected chi connectivity index (χ2v) is 5.92. The summed E-state index contributed by atoms with van der Waals surface area (Å²) < 4.78 is 5.25. The summed E-state index contributed by atoms with van der Waals surface area (Å²) in [6, 6.07) is 8.93. The summed E-state index contributed by atoms with van der Waals surface area (Å²) in [4.78, 5) is 2.37. The van der Waals surface area contributed by atoms with E-state index in [1.165, 1.54) is 17.1 Å². The summed E-state index contributed by atoms with van der Waals surface area (Å²) in [5, 5.41) is 3.57. The van der Waals surface area contributed by atoms with E-state index in [9.17, 15) is 0 Å². The van der Waals surface area contributed by atoms with Crippen molar-refractivity contribution in [2.24, 2.45) is 0 Å². The van der Waals surface area contributed by atoms with E-state index in [0.29, 0.717) is 6.04 Å². The zero-order valence-corrected chi connectivity index (χ0v) is 12.0. The van der Waals surface area contributed by atoms with Gasteiger partial charge < -0.3 is 15.0 Å². The van der Waals surface area contributed by atoms with Crippen molar-refractivity contribution >= 4 is 11.8 Å². The fraction of sp³-hybridized carbons (Fsp3) is 0.571. The molecule has 4 heteroatoms. The van der Waals surface area contributed by atoms with Crippen molar-refractivity contribution in [1.29, 1.82) is 0 Å². The van der Waals surface area contributed by atoms with Crippen LogP contribution in [0.15, 0.2) is 24.3 Å². The molecule has 1 aliphatic heterocycles. The molecule has 1 N–H and O–H groups in total. The second-order valence-electron chi connectivity index (χ2n) is 4.77. The van der Waals surface area contributed by atoms with Gasteiger partial charge in [0.15, 0.2) is 0 Å². The molecule has 0 aromatic heterocycles. The molecule has 1 aromatic rings. The van der Waals surface area contributed by atoms with E-state index in [2.05, 4.69) is 35.5 Å². The molecule has 0 saturated carbocycles. The number of rotatable bonds is 5. The van der Waals surface area contributed by atoms with Gasteiger partial charge in [0.05, 0.1) is 7.11 Å². The van der Waals surface area contributed by atoms with Crippen LogP contribution < -0.4 is 10.1 Å². The number of likely N-dealkylation sites (N-methyl/N-ethyl adjacent to an activating group) is 1. The Kier molecular flexibility index (Phi) is 5.35. The summed E-state index contributed by atoms with van der Waals surface area (Å²) in [5.74, 6) is 3.41. The highest BCUT2D eigenvalue weighted by Crippen LogP contribution is 2.14. The highest BCUT2D eigenvalue weighted by atomic mass is 32.2. The first-order valence-electron chi connectivity index (χ1n) is 6.40. The Hall–Kier alpha value is -0.710. The lowest BCUT2D eigenvalue weighted by atomic mass is 10.2. The average molecular weight is 266 g/mol. The molecule has 1 unspecified atom stereocenters. The summed E-state index contributed by atoms with van der Waals surface area (Å²) in [6.07, 6.45) is 0. The van der Waals surface area contributed by atoms with E-state index in [1.807, 2.05) is 17.8 Å². The quantitative estimate of drug-likeness (QED) is 0.879. The SMILES string of the molecule is COc1cccc(CN(C)CC2CSCCN2)c1. The highest BCUT2D eigenvalue weighted by molar-refractivity contribution is 7.99. The molecule has 18 heavy (non-hydrogen) atoms. The summed E-state index contributed by atoms with van der Waals surface area (Å²) >= 11 is 2.05. The third-order valence-corrected chi connectivity index (χ3v) is 4.25. The smallest absolute Gasteiger partial charge is 0.119 e. The number of hydrogen-bond donors (Lipinski definition) is 1. The predicted octanol–water partition coefficient (Wildman–Crippen LogP) is 1.83. The molecule has 1 heterocycles. The minimum atomic E-state index is 0.624. The van der Waals surface area contributed by atoms with Crippen LogP contribution in [0.4, 0.5) is 0 Å². The number of nitrogens with zero attached hydrogens (tertiary/aromatic N) is 1. The lowest BCUT2D eigenvalue weighted by molar-refractivity contribution is 0.291. The Morgan fingerprint density at radius 2 is 2.39 bits per heavy atom. The van der Waals surface area contributed by atoms with Crippen LogP contribution in [0.2, 0.25) is 0 Å². The van der Waals surface area contributed by atoms with Gasteiger partial charge in [-0.1, -0.05) is 12.1 Å². The van der Waals surface area contributed by atoms with Gasteiger partial charge in [-0.25, -0.2) is 0 Å². The van der Waals surface area contributed by atoms with E-state index in [4.69, 9.17) is 4.74 Å². The third kappa shape index (κ3) is 4.19. The average Bonchev–Trinajstić information content (AvgIpc) is 2.40. The molecule has 0 amide bonds. The number of benzene rings is 1. The molecular formula is C14H22N2OS. The fourth-order valence-corrected chi connectivity index (χ4v) is 3.20. The third-order valence-electron chi connectivity index (χ3n) is 3.12. The van der Waals surface area contributed by atoms with Gasteiger partial charge in [-0.05, 0) is 24.7 Å². The van der Waals surface area contributed by atoms with Crippen molar-refractivity contribution in [2.45, 2.75) is 12.6 Å². The van der Waals surface area contributed by atoms with Crippen LogP contribution in [-0.2, 0) is 6.54 Å². The molecule has 1 atom stereocenters. The maximum absolute atomic E-state index is 5.25. The Bertz CT molecular complexity index is 367. The van der Waals surface area contributed by atoms with Crippen molar-refractivity contribution in [3.05, 3.63) is 29.8 Å². The Morgan fingerprint density at radius 1 is 1.50 bits per heavy atom. The summed E-state index contributed by atoms with van der Waals surface area (Å²) in [5.41, 5.74) is 1.31. The molecule has 0 radical (unpaired) electrons. The van der Waals surface area contributed by atoms with Gasteiger partial charge in [0.25, 0.3) is 0 Å². The maximum Gasteiger partial charge on any atom is 0.119 e. The van der Waals surface area contributed by atoms with E-state index < -0.39 is 0 Å². The molecule has 100 valence electrons. The van der Waals surface area contributed by atoms with Gasteiger partial charge in [0.2, 0.25) is 0 Å². The van der Waals surface area contributed by atoms with Crippen LogP contribution in [0.25, 0.3) is 0 Å². The van der Waals surface area contributed by atoms with Crippen LogP contribution in [-0.4, -0.2) is 49.7 Å². The van der Waals surface area contributed by atoms with Crippen molar-refractivity contribution in [3.8, 4) is 5.75 Å². The number of ether oxygens (including phenoxy) is 1. The van der Waals surface area contributed by atoms with Crippen LogP contribution in [0.1, 0.15) is 5.56 Å². The summed E-state index contributed by atoms with van der Waals surface area (Å²) in [6.45, 7) is 3.21. The van der Waals surface area contributed by atoms with Crippen LogP contribution >= 0.6 is 11.8 Å². The molecule has 0 aliphatic carbocycles. The first-order chi connectivity index (χ1) is 8.78. The van der Waals surface area contributed by atoms with Crippen LogP contribution in [0.3, 0.4) is 0 Å². The van der Waals surface area contributed by atoms with E-state index in [0.717, 1.165) is 25.4 Å². The van der Waals surface area contributed by atoms with Crippen molar-refractivity contribution in [3.63, 3.8) is 0 Å². The largest absolute Gasteiger partial charge is 0.497 e. The zero-order chi connectivity index (χ0) is 12.8. The molecule has 1 fully saturated rings. The van der Waals surface area contributed by atoms with E-state index in [1.54, 1.807) is 7.11 Å². The van der Waals surface area contributed by atoms with E-state index in [-0.39, 0.29) is 0 Å². The minimum Gasteiger partial charge on any atom is -0.497 e. The monoisotopic (exact) mass is 266 g/mol.